The van der Waals surface area contributed by atoms with Crippen LogP contribution in [0.5, 0.6) is 0 Å². The SMILES string of the molecule is CC(=O)N[C@H]1[C@H]([C@H](OC(C)=O)[C@@H](COC(C)=O)OC(C)=O)OC(C(=O)N[C@H](C(=O)O)C(C)C)=C[C@@H]1N=C(NC(=O)OC(C)(C)C)NC(=O)OC(C)(C)C. The normalized spacial score (nSPS) is 18.6. The lowest BCUT2D eigenvalue weighted by molar-refractivity contribution is -0.187. The molecule has 5 N–H and O–H groups in total. The van der Waals surface area contributed by atoms with Gasteiger partial charge in [-0.25, -0.2) is 19.4 Å². The standard InChI is InChI=1S/C33H51N5O15/c1-15(2)23(28(44)45)36-27(43)21-13-20(35-29(37-30(46)52-32(7,8)9)38-31(47)53-33(10,11)12)24(34-16(3)39)26(51-21)25(50-19(6)42)22(49-18(5)41)14-48-17(4)40/h13,15,20,22-26H,14H2,1-12H3,(H,34,39)(H,36,43)(H,44,45)(H2,35,37,38,46,47)/t20-,22+,23-,24+,25+,26+/m0/s1. The average Bonchev–Trinajstić information content (AvgIpc) is 2.94. The summed E-state index contributed by atoms with van der Waals surface area (Å²) in [5.41, 5.74) is -2.03. The third-order valence-corrected chi connectivity index (χ3v) is 6.40. The quantitative estimate of drug-likeness (QED) is 0.0810. The number of nitrogens with one attached hydrogen (secondary N) is 4. The summed E-state index contributed by atoms with van der Waals surface area (Å²) in [4.78, 5) is 105. The summed E-state index contributed by atoms with van der Waals surface area (Å²) in [6, 6.07) is -4.45. The van der Waals surface area contributed by atoms with E-state index in [0.29, 0.717) is 0 Å². The molecule has 0 aromatic carbocycles. The number of aliphatic imine (C=N–C) groups is 1. The summed E-state index contributed by atoms with van der Waals surface area (Å²) in [6.45, 7) is 16.0. The number of rotatable bonds is 12. The van der Waals surface area contributed by atoms with Crippen molar-refractivity contribution in [2.24, 2.45) is 10.9 Å². The smallest absolute Gasteiger partial charge is 0.414 e. The number of carboxylic acids is 1. The monoisotopic (exact) mass is 757 g/mol. The molecule has 0 aromatic heterocycles. The molecule has 4 amide bonds. The minimum atomic E-state index is -1.76. The fourth-order valence-electron chi connectivity index (χ4n) is 4.56. The Bertz CT molecular complexity index is 1430. The number of hydrogen-bond donors (Lipinski definition) is 5. The zero-order valence-electron chi connectivity index (χ0n) is 31.9. The number of carboxylic acid groups (broad SMARTS) is 1. The van der Waals surface area contributed by atoms with Crippen molar-refractivity contribution in [3.8, 4) is 0 Å². The van der Waals surface area contributed by atoms with Crippen LogP contribution >= 0.6 is 0 Å². The number of carbonyl (C=O) groups excluding carboxylic acids is 7. The van der Waals surface area contributed by atoms with E-state index in [2.05, 4.69) is 26.3 Å². The van der Waals surface area contributed by atoms with Gasteiger partial charge in [0.25, 0.3) is 5.91 Å². The predicted octanol–water partition coefficient (Wildman–Crippen LogP) is 1.20. The third kappa shape index (κ3) is 17.1. The molecule has 0 unspecified atom stereocenters. The van der Waals surface area contributed by atoms with E-state index in [1.807, 2.05) is 0 Å². The number of nitrogens with zero attached hydrogens (tertiary/aromatic N) is 1. The van der Waals surface area contributed by atoms with Gasteiger partial charge in [-0.05, 0) is 53.5 Å². The number of amides is 4. The lowest BCUT2D eigenvalue weighted by Gasteiger charge is -2.41. The Labute approximate surface area is 307 Å². The molecule has 1 aliphatic heterocycles. The fraction of sp³-hybridized carbons (Fsp3) is 0.667. The second-order valence-corrected chi connectivity index (χ2v) is 14.1. The van der Waals surface area contributed by atoms with Crippen LogP contribution in [-0.4, -0.2) is 113 Å². The maximum absolute atomic E-state index is 13.7. The van der Waals surface area contributed by atoms with Gasteiger partial charge in [-0.2, -0.15) is 0 Å². The highest BCUT2D eigenvalue weighted by Crippen LogP contribution is 2.28. The Kier molecular flexibility index (Phi) is 16.7. The Morgan fingerprint density at radius 3 is 1.74 bits per heavy atom. The van der Waals surface area contributed by atoms with Gasteiger partial charge in [-0.3, -0.25) is 34.6 Å². The molecular weight excluding hydrogens is 706 g/mol. The van der Waals surface area contributed by atoms with E-state index in [9.17, 15) is 43.5 Å². The van der Waals surface area contributed by atoms with Gasteiger partial charge in [-0.1, -0.05) is 13.8 Å². The van der Waals surface area contributed by atoms with Crippen molar-refractivity contribution in [1.29, 1.82) is 0 Å². The zero-order chi connectivity index (χ0) is 41.0. The first-order valence-electron chi connectivity index (χ1n) is 16.4. The highest BCUT2D eigenvalue weighted by atomic mass is 16.6. The van der Waals surface area contributed by atoms with Crippen LogP contribution < -0.4 is 21.3 Å². The van der Waals surface area contributed by atoms with Crippen LogP contribution in [-0.2, 0) is 57.2 Å². The molecule has 0 radical (unpaired) electrons. The maximum atomic E-state index is 13.7. The number of esters is 3. The van der Waals surface area contributed by atoms with Gasteiger partial charge in [0.05, 0.1) is 12.1 Å². The predicted molar refractivity (Wildman–Crippen MR) is 183 cm³/mol. The van der Waals surface area contributed by atoms with Gasteiger partial charge < -0.3 is 44.2 Å². The number of ether oxygens (including phenoxy) is 6. The van der Waals surface area contributed by atoms with E-state index in [1.54, 1.807) is 41.5 Å². The van der Waals surface area contributed by atoms with Gasteiger partial charge in [0.15, 0.2) is 24.1 Å². The second kappa shape index (κ2) is 19.4. The van der Waals surface area contributed by atoms with Crippen molar-refractivity contribution in [2.45, 2.75) is 131 Å². The molecule has 298 valence electrons. The molecule has 0 spiro atoms. The summed E-state index contributed by atoms with van der Waals surface area (Å²) >= 11 is 0. The van der Waals surface area contributed by atoms with Crippen LogP contribution in [0.3, 0.4) is 0 Å². The number of alkyl carbamates (subject to hydrolysis) is 2. The van der Waals surface area contributed by atoms with E-state index >= 15 is 0 Å². The summed E-state index contributed by atoms with van der Waals surface area (Å²) in [5, 5.41) is 19.2. The number of hydrogen-bond acceptors (Lipinski definition) is 15. The van der Waals surface area contributed by atoms with Gasteiger partial charge in [0, 0.05) is 27.7 Å². The van der Waals surface area contributed by atoms with Gasteiger partial charge in [-0.15, -0.1) is 0 Å². The van der Waals surface area contributed by atoms with Crippen LogP contribution in [0, 0.1) is 5.92 Å². The lowest BCUT2D eigenvalue weighted by atomic mass is 9.91. The van der Waals surface area contributed by atoms with Crippen molar-refractivity contribution >= 4 is 53.8 Å². The molecule has 1 rings (SSSR count). The van der Waals surface area contributed by atoms with Crippen molar-refractivity contribution in [3.63, 3.8) is 0 Å². The fourth-order valence-corrected chi connectivity index (χ4v) is 4.56. The summed E-state index contributed by atoms with van der Waals surface area (Å²) in [7, 11) is 0. The van der Waals surface area contributed by atoms with Crippen LogP contribution in [0.2, 0.25) is 0 Å². The first kappa shape index (κ1) is 45.6. The summed E-state index contributed by atoms with van der Waals surface area (Å²) in [6.07, 6.45) is -6.25. The highest BCUT2D eigenvalue weighted by Gasteiger charge is 2.48. The van der Waals surface area contributed by atoms with E-state index in [-0.39, 0.29) is 0 Å². The third-order valence-electron chi connectivity index (χ3n) is 6.40. The topological polar surface area (TPSA) is 273 Å². The van der Waals surface area contributed by atoms with E-state index in [1.165, 1.54) is 13.8 Å². The van der Waals surface area contributed by atoms with Gasteiger partial charge >= 0.3 is 36.1 Å². The molecule has 0 saturated carbocycles. The van der Waals surface area contributed by atoms with Crippen LogP contribution in [0.4, 0.5) is 9.59 Å². The number of aliphatic carboxylic acids is 1. The van der Waals surface area contributed by atoms with E-state index < -0.39 is 120 Å². The van der Waals surface area contributed by atoms with E-state index in [4.69, 9.17) is 28.4 Å². The molecule has 1 aliphatic rings. The van der Waals surface area contributed by atoms with Crippen LogP contribution in [0.1, 0.15) is 83.1 Å². The van der Waals surface area contributed by atoms with Crippen molar-refractivity contribution < 1.29 is 71.9 Å². The minimum absolute atomic E-state index is 0.614. The molecule has 1 heterocycles. The van der Waals surface area contributed by atoms with Gasteiger partial charge in [0.2, 0.25) is 11.9 Å². The summed E-state index contributed by atoms with van der Waals surface area (Å²) in [5.74, 6) is -7.76. The van der Waals surface area contributed by atoms with Crippen molar-refractivity contribution in [1.82, 2.24) is 21.3 Å². The first-order chi connectivity index (χ1) is 24.2. The van der Waals surface area contributed by atoms with Crippen LogP contribution in [0.25, 0.3) is 0 Å². The Morgan fingerprint density at radius 1 is 0.830 bits per heavy atom. The molecule has 0 saturated heterocycles. The molecular formula is C33H51N5O15. The number of carbonyl (C=O) groups is 8. The molecule has 0 aromatic rings. The lowest BCUT2D eigenvalue weighted by Crippen LogP contribution is -2.62. The largest absolute Gasteiger partial charge is 0.480 e. The number of guanidine groups is 1. The first-order valence-corrected chi connectivity index (χ1v) is 16.4. The Balaban J connectivity index is 4.15. The summed E-state index contributed by atoms with van der Waals surface area (Å²) < 4.78 is 32.5. The van der Waals surface area contributed by atoms with Crippen LogP contribution in [0.15, 0.2) is 16.8 Å². The molecule has 53 heavy (non-hydrogen) atoms. The van der Waals surface area contributed by atoms with Crippen molar-refractivity contribution in [3.05, 3.63) is 11.8 Å². The highest BCUT2D eigenvalue weighted by molar-refractivity contribution is 6.01. The molecule has 0 aliphatic carbocycles. The maximum Gasteiger partial charge on any atom is 0.414 e. The molecule has 20 heteroatoms. The van der Waals surface area contributed by atoms with Crippen molar-refractivity contribution in [2.75, 3.05) is 6.61 Å². The Hall–Kier alpha value is -5.43. The van der Waals surface area contributed by atoms with Gasteiger partial charge in [0.1, 0.15) is 23.9 Å². The zero-order valence-corrected chi connectivity index (χ0v) is 31.9. The van der Waals surface area contributed by atoms with E-state index in [0.717, 1.165) is 33.8 Å². The average molecular weight is 758 g/mol. The molecule has 6 atom stereocenters. The second-order valence-electron chi connectivity index (χ2n) is 14.1. The molecule has 20 nitrogen and oxygen atoms in total. The minimum Gasteiger partial charge on any atom is -0.480 e. The molecule has 0 fully saturated rings. The Morgan fingerprint density at radius 2 is 1.34 bits per heavy atom. The molecule has 0 bridgehead atoms.